The van der Waals surface area contributed by atoms with Crippen molar-refractivity contribution >= 4 is 11.8 Å². The van der Waals surface area contributed by atoms with E-state index in [1.165, 1.54) is 18.6 Å². The molecule has 0 aromatic carbocycles. The lowest BCUT2D eigenvalue weighted by Crippen LogP contribution is -2.04. The van der Waals surface area contributed by atoms with Gasteiger partial charge in [0.15, 0.2) is 0 Å². The first-order valence-corrected chi connectivity index (χ1v) is 4.94. The van der Waals surface area contributed by atoms with Gasteiger partial charge in [-0.05, 0) is 30.3 Å². The van der Waals surface area contributed by atoms with Gasteiger partial charge >= 0.3 is 0 Å². The van der Waals surface area contributed by atoms with E-state index in [4.69, 9.17) is 0 Å². The molecule has 0 aliphatic carbocycles. The molecule has 0 radical (unpaired) electrons. The third-order valence-corrected chi connectivity index (χ3v) is 1.97. The molecule has 0 aromatic heterocycles. The molecule has 56 valence electrons. The average Bonchev–Trinajstić information content (AvgIpc) is 1.63. The fourth-order valence-corrected chi connectivity index (χ4v) is 1.18. The van der Waals surface area contributed by atoms with E-state index in [-0.39, 0.29) is 0 Å². The van der Waals surface area contributed by atoms with Crippen LogP contribution in [0.3, 0.4) is 0 Å². The van der Waals surface area contributed by atoms with Crippen LogP contribution in [0.4, 0.5) is 0 Å². The quantitative estimate of drug-likeness (QED) is 0.551. The van der Waals surface area contributed by atoms with E-state index in [0.717, 1.165) is 0 Å². The summed E-state index contributed by atoms with van der Waals surface area (Å²) < 4.78 is 0. The fourth-order valence-electron chi connectivity index (χ4n) is 0.747. The molecule has 0 unspecified atom stereocenters. The van der Waals surface area contributed by atoms with Crippen molar-refractivity contribution in [1.29, 1.82) is 0 Å². The lowest BCUT2D eigenvalue weighted by molar-refractivity contribution is 0.375. The van der Waals surface area contributed by atoms with Crippen LogP contribution in [0.25, 0.3) is 0 Å². The van der Waals surface area contributed by atoms with E-state index >= 15 is 0 Å². The van der Waals surface area contributed by atoms with Crippen molar-refractivity contribution in [1.82, 2.24) is 0 Å². The van der Waals surface area contributed by atoms with Gasteiger partial charge < -0.3 is 0 Å². The molecule has 9 heavy (non-hydrogen) atoms. The lowest BCUT2D eigenvalue weighted by atomic mass is 9.91. The summed E-state index contributed by atoms with van der Waals surface area (Å²) in [5.41, 5.74) is 0.537. The van der Waals surface area contributed by atoms with E-state index in [0.29, 0.717) is 5.41 Å². The number of rotatable bonds is 3. The highest BCUT2D eigenvalue weighted by molar-refractivity contribution is 7.98. The summed E-state index contributed by atoms with van der Waals surface area (Å²) in [5, 5.41) is 0. The Bertz CT molecular complexity index is 61.5. The standard InChI is InChI=1S/C8H18S/c1-8(2,3)6-5-7-9-4/h5-7H2,1-4H3. The van der Waals surface area contributed by atoms with Crippen molar-refractivity contribution < 1.29 is 0 Å². The Morgan fingerprint density at radius 1 is 1.22 bits per heavy atom. The van der Waals surface area contributed by atoms with Gasteiger partial charge in [-0.15, -0.1) is 0 Å². The van der Waals surface area contributed by atoms with Gasteiger partial charge in [-0.1, -0.05) is 20.8 Å². The third-order valence-electron chi connectivity index (χ3n) is 1.28. The molecule has 0 saturated carbocycles. The molecule has 0 rings (SSSR count). The summed E-state index contributed by atoms with van der Waals surface area (Å²) in [4.78, 5) is 0. The van der Waals surface area contributed by atoms with Crippen LogP contribution in [-0.2, 0) is 0 Å². The smallest absolute Gasteiger partial charge is 0.00701 e. The predicted molar refractivity (Wildman–Crippen MR) is 47.1 cm³/mol. The molecular formula is C8H18S. The van der Waals surface area contributed by atoms with E-state index in [2.05, 4.69) is 27.0 Å². The maximum atomic E-state index is 2.30. The van der Waals surface area contributed by atoms with Crippen molar-refractivity contribution in [3.63, 3.8) is 0 Å². The highest BCUT2D eigenvalue weighted by atomic mass is 32.2. The highest BCUT2D eigenvalue weighted by Crippen LogP contribution is 2.21. The van der Waals surface area contributed by atoms with Crippen LogP contribution in [0.1, 0.15) is 33.6 Å². The fraction of sp³-hybridized carbons (Fsp3) is 1.00. The molecular weight excluding hydrogens is 128 g/mol. The third kappa shape index (κ3) is 8.35. The van der Waals surface area contributed by atoms with Crippen LogP contribution in [0.5, 0.6) is 0 Å². The van der Waals surface area contributed by atoms with Gasteiger partial charge in [0.05, 0.1) is 0 Å². The first-order chi connectivity index (χ1) is 4.06. The van der Waals surface area contributed by atoms with Crippen LogP contribution in [0.2, 0.25) is 0 Å². The molecule has 0 atom stereocenters. The SMILES string of the molecule is CSCCCC(C)(C)C. The minimum absolute atomic E-state index is 0.537. The molecule has 0 amide bonds. The van der Waals surface area contributed by atoms with Gasteiger partial charge in [0, 0.05) is 0 Å². The van der Waals surface area contributed by atoms with Crippen molar-refractivity contribution in [3.8, 4) is 0 Å². The van der Waals surface area contributed by atoms with E-state index in [9.17, 15) is 0 Å². The Morgan fingerprint density at radius 2 is 1.78 bits per heavy atom. The predicted octanol–water partition coefficient (Wildman–Crippen LogP) is 3.18. The van der Waals surface area contributed by atoms with Gasteiger partial charge in [-0.3, -0.25) is 0 Å². The van der Waals surface area contributed by atoms with E-state index in [1.54, 1.807) is 0 Å². The zero-order valence-electron chi connectivity index (χ0n) is 7.03. The van der Waals surface area contributed by atoms with Crippen LogP contribution in [0, 0.1) is 5.41 Å². The van der Waals surface area contributed by atoms with Crippen LogP contribution < -0.4 is 0 Å². The second-order valence-corrected chi connectivity index (χ2v) is 4.64. The second-order valence-electron chi connectivity index (χ2n) is 3.66. The van der Waals surface area contributed by atoms with Gasteiger partial charge in [0.1, 0.15) is 0 Å². The van der Waals surface area contributed by atoms with Crippen molar-refractivity contribution in [2.75, 3.05) is 12.0 Å². The van der Waals surface area contributed by atoms with E-state index < -0.39 is 0 Å². The highest BCUT2D eigenvalue weighted by Gasteiger charge is 2.07. The number of hydrogen-bond donors (Lipinski definition) is 0. The Hall–Kier alpha value is 0.350. The molecule has 0 N–H and O–H groups in total. The Morgan fingerprint density at radius 3 is 2.11 bits per heavy atom. The van der Waals surface area contributed by atoms with Crippen molar-refractivity contribution in [3.05, 3.63) is 0 Å². The monoisotopic (exact) mass is 146 g/mol. The second kappa shape index (κ2) is 4.21. The first-order valence-electron chi connectivity index (χ1n) is 3.55. The average molecular weight is 146 g/mol. The van der Waals surface area contributed by atoms with Gasteiger partial charge in [0.2, 0.25) is 0 Å². The molecule has 0 saturated heterocycles. The molecule has 0 heterocycles. The first kappa shape index (κ1) is 9.35. The summed E-state index contributed by atoms with van der Waals surface area (Å²) in [7, 11) is 0. The van der Waals surface area contributed by atoms with Gasteiger partial charge in [-0.2, -0.15) is 11.8 Å². The molecule has 0 fully saturated rings. The normalized spacial score (nSPS) is 12.0. The number of thioether (sulfide) groups is 1. The zero-order valence-corrected chi connectivity index (χ0v) is 7.85. The van der Waals surface area contributed by atoms with Crippen molar-refractivity contribution in [2.45, 2.75) is 33.6 Å². The minimum Gasteiger partial charge on any atom is -0.165 e. The Balaban J connectivity index is 3.07. The van der Waals surface area contributed by atoms with Gasteiger partial charge in [0.25, 0.3) is 0 Å². The number of hydrogen-bond acceptors (Lipinski definition) is 1. The molecule has 0 aliphatic rings. The molecule has 0 bridgehead atoms. The van der Waals surface area contributed by atoms with Gasteiger partial charge in [-0.25, -0.2) is 0 Å². The summed E-state index contributed by atoms with van der Waals surface area (Å²) >= 11 is 1.94. The van der Waals surface area contributed by atoms with Crippen molar-refractivity contribution in [2.24, 2.45) is 5.41 Å². The van der Waals surface area contributed by atoms with Crippen LogP contribution >= 0.6 is 11.8 Å². The summed E-state index contributed by atoms with van der Waals surface area (Å²) in [5.74, 6) is 1.32. The lowest BCUT2D eigenvalue weighted by Gasteiger charge is -2.16. The molecule has 0 nitrogen and oxygen atoms in total. The molecule has 0 aromatic rings. The zero-order chi connectivity index (χ0) is 7.33. The molecule has 0 spiro atoms. The Labute approximate surface area is 63.4 Å². The molecule has 0 aliphatic heterocycles. The van der Waals surface area contributed by atoms with Crippen LogP contribution in [0.15, 0.2) is 0 Å². The summed E-state index contributed by atoms with van der Waals surface area (Å²) in [6.07, 6.45) is 4.89. The summed E-state index contributed by atoms with van der Waals surface area (Å²) in [6.45, 7) is 6.90. The largest absolute Gasteiger partial charge is 0.165 e. The van der Waals surface area contributed by atoms with Crippen LogP contribution in [-0.4, -0.2) is 12.0 Å². The summed E-state index contributed by atoms with van der Waals surface area (Å²) in [6, 6.07) is 0. The minimum atomic E-state index is 0.537. The molecule has 1 heteroatoms. The maximum Gasteiger partial charge on any atom is -0.00701 e. The Kier molecular flexibility index (Phi) is 4.37. The van der Waals surface area contributed by atoms with E-state index in [1.807, 2.05) is 11.8 Å². The maximum absolute atomic E-state index is 2.30. The topological polar surface area (TPSA) is 0 Å².